The van der Waals surface area contributed by atoms with Crippen molar-refractivity contribution in [3.05, 3.63) is 46.2 Å². The fourth-order valence-electron chi connectivity index (χ4n) is 4.56. The van der Waals surface area contributed by atoms with Crippen LogP contribution in [0.15, 0.2) is 35.7 Å². The number of amides is 3. The highest BCUT2D eigenvalue weighted by molar-refractivity contribution is 7.12. The second-order valence-corrected chi connectivity index (χ2v) is 10.2. The van der Waals surface area contributed by atoms with Gasteiger partial charge in [-0.15, -0.1) is 11.3 Å². The first-order valence-electron chi connectivity index (χ1n) is 11.8. The zero-order chi connectivity index (χ0) is 23.7. The van der Waals surface area contributed by atoms with Crippen molar-refractivity contribution in [3.63, 3.8) is 0 Å². The average Bonchev–Trinajstić information content (AvgIpc) is 3.50. The minimum absolute atomic E-state index is 0.0222. The van der Waals surface area contributed by atoms with Crippen LogP contribution in [0.5, 0.6) is 5.75 Å². The van der Waals surface area contributed by atoms with E-state index in [0.29, 0.717) is 40.6 Å². The molecule has 0 bridgehead atoms. The first-order chi connectivity index (χ1) is 16.5. The highest BCUT2D eigenvalue weighted by atomic mass is 32.1. The average molecular weight is 484 g/mol. The summed E-state index contributed by atoms with van der Waals surface area (Å²) in [4.78, 5) is 40.3. The molecule has 1 aromatic carbocycles. The molecule has 3 aliphatic rings. The van der Waals surface area contributed by atoms with Gasteiger partial charge in [0.2, 0.25) is 5.91 Å². The molecular formula is C25H29N3O5S. The molecule has 2 aliphatic heterocycles. The maximum atomic E-state index is 13.3. The number of hydrogen-bond acceptors (Lipinski definition) is 6. The third-order valence-electron chi connectivity index (χ3n) is 6.71. The van der Waals surface area contributed by atoms with Gasteiger partial charge < -0.3 is 25.0 Å². The van der Waals surface area contributed by atoms with Crippen molar-refractivity contribution in [2.75, 3.05) is 25.5 Å². The van der Waals surface area contributed by atoms with Crippen LogP contribution in [0.4, 0.5) is 5.69 Å². The van der Waals surface area contributed by atoms with Crippen LogP contribution in [-0.4, -0.2) is 61.1 Å². The summed E-state index contributed by atoms with van der Waals surface area (Å²) >= 11 is 1.36. The van der Waals surface area contributed by atoms with Crippen LogP contribution in [-0.2, 0) is 9.53 Å². The van der Waals surface area contributed by atoms with Gasteiger partial charge in [-0.1, -0.05) is 6.07 Å². The van der Waals surface area contributed by atoms with Crippen molar-refractivity contribution in [1.82, 2.24) is 10.2 Å². The predicted octanol–water partition coefficient (Wildman–Crippen LogP) is 3.30. The first kappa shape index (κ1) is 22.9. The van der Waals surface area contributed by atoms with Gasteiger partial charge in [0, 0.05) is 19.3 Å². The minimum atomic E-state index is -0.310. The molecule has 0 spiro atoms. The first-order valence-corrected chi connectivity index (χ1v) is 12.7. The largest absolute Gasteiger partial charge is 0.490 e. The number of likely N-dealkylation sites (N-methyl/N-ethyl adjacent to an activating group) is 1. The molecule has 2 fully saturated rings. The van der Waals surface area contributed by atoms with E-state index in [9.17, 15) is 14.4 Å². The van der Waals surface area contributed by atoms with Crippen LogP contribution in [0.2, 0.25) is 0 Å². The number of anilines is 1. The Morgan fingerprint density at radius 3 is 2.79 bits per heavy atom. The van der Waals surface area contributed by atoms with E-state index >= 15 is 0 Å². The molecule has 9 heteroatoms. The number of fused-ring (bicyclic) bond motifs is 2. The zero-order valence-corrected chi connectivity index (χ0v) is 19.9. The molecule has 8 nitrogen and oxygen atoms in total. The normalized spacial score (nSPS) is 24.2. The van der Waals surface area contributed by atoms with Crippen molar-refractivity contribution in [3.8, 4) is 5.75 Å². The summed E-state index contributed by atoms with van der Waals surface area (Å²) in [6, 6.07) is 8.53. The summed E-state index contributed by atoms with van der Waals surface area (Å²) in [7, 11) is 1.78. The molecule has 2 aromatic rings. The number of benzene rings is 1. The zero-order valence-electron chi connectivity index (χ0n) is 19.1. The van der Waals surface area contributed by atoms with Crippen LogP contribution in [0, 0.1) is 5.92 Å². The Bertz CT molecular complexity index is 1070. The lowest BCUT2D eigenvalue weighted by Crippen LogP contribution is -2.54. The van der Waals surface area contributed by atoms with Gasteiger partial charge >= 0.3 is 0 Å². The van der Waals surface area contributed by atoms with Gasteiger partial charge in [0.05, 0.1) is 29.0 Å². The lowest BCUT2D eigenvalue weighted by Gasteiger charge is -2.42. The predicted molar refractivity (Wildman–Crippen MR) is 128 cm³/mol. The number of rotatable bonds is 6. The Hall–Kier alpha value is -2.91. The van der Waals surface area contributed by atoms with E-state index in [-0.39, 0.29) is 42.6 Å². The van der Waals surface area contributed by atoms with Crippen molar-refractivity contribution >= 4 is 34.7 Å². The standard InChI is InChI=1S/C25H29N3O5S/c1-28-19-8-7-17(12-23(29)26-13-15-4-5-15)33-21(19)14-32-20-9-6-16(11-18(20)25(28)31)27-24(30)22-3-2-10-34-22/h2-3,6,9-11,15,17,19,21H,4-5,7-8,12-14H2,1H3,(H,26,29)(H,27,30)/t17-,19-,21-/m1/s1. The third kappa shape index (κ3) is 5.10. The highest BCUT2D eigenvalue weighted by Gasteiger charge is 2.39. The molecule has 180 valence electrons. The van der Waals surface area contributed by atoms with Crippen LogP contribution < -0.4 is 15.4 Å². The van der Waals surface area contributed by atoms with E-state index in [1.54, 1.807) is 36.2 Å². The SMILES string of the molecule is CN1C(=O)c2cc(NC(=O)c3cccs3)ccc2OC[C@H]2O[C@@H](CC(=O)NCC3CC3)CC[C@H]21. The quantitative estimate of drug-likeness (QED) is 0.657. The van der Waals surface area contributed by atoms with Crippen LogP contribution in [0.25, 0.3) is 0 Å². The number of nitrogens with zero attached hydrogens (tertiary/aromatic N) is 1. The van der Waals surface area contributed by atoms with E-state index in [0.717, 1.165) is 13.0 Å². The molecule has 0 unspecified atom stereocenters. The summed E-state index contributed by atoms with van der Waals surface area (Å²) in [6.07, 6.45) is 3.69. The smallest absolute Gasteiger partial charge is 0.265 e. The minimum Gasteiger partial charge on any atom is -0.490 e. The number of hydrogen-bond donors (Lipinski definition) is 2. The van der Waals surface area contributed by atoms with Crippen LogP contribution in [0.3, 0.4) is 0 Å². The van der Waals surface area contributed by atoms with Crippen LogP contribution >= 0.6 is 11.3 Å². The van der Waals surface area contributed by atoms with Crippen molar-refractivity contribution in [2.24, 2.45) is 5.92 Å². The van der Waals surface area contributed by atoms with Gasteiger partial charge in [0.1, 0.15) is 18.5 Å². The van der Waals surface area contributed by atoms with E-state index in [2.05, 4.69) is 10.6 Å². The van der Waals surface area contributed by atoms with E-state index in [4.69, 9.17) is 9.47 Å². The number of carbonyl (C=O) groups is 3. The second-order valence-electron chi connectivity index (χ2n) is 9.26. The highest BCUT2D eigenvalue weighted by Crippen LogP contribution is 2.33. The van der Waals surface area contributed by atoms with Gasteiger partial charge in [-0.3, -0.25) is 14.4 Å². The molecule has 3 heterocycles. The summed E-state index contributed by atoms with van der Waals surface area (Å²) in [5.41, 5.74) is 0.947. The number of ether oxygens (including phenoxy) is 2. The fourth-order valence-corrected chi connectivity index (χ4v) is 5.18. The second kappa shape index (κ2) is 9.76. The number of thiophene rings is 1. The Morgan fingerprint density at radius 1 is 1.18 bits per heavy atom. The van der Waals surface area contributed by atoms with Gasteiger partial charge in [0.15, 0.2) is 0 Å². The third-order valence-corrected chi connectivity index (χ3v) is 7.58. The number of nitrogens with one attached hydrogen (secondary N) is 2. The molecule has 1 saturated carbocycles. The lowest BCUT2D eigenvalue weighted by molar-refractivity contribution is -0.134. The summed E-state index contributed by atoms with van der Waals surface area (Å²) < 4.78 is 12.2. The fraction of sp³-hybridized carbons (Fsp3) is 0.480. The summed E-state index contributed by atoms with van der Waals surface area (Å²) in [5.74, 6) is 0.729. The molecule has 3 atom stereocenters. The molecule has 34 heavy (non-hydrogen) atoms. The molecule has 1 saturated heterocycles. The van der Waals surface area contributed by atoms with E-state index in [1.165, 1.54) is 24.2 Å². The number of carbonyl (C=O) groups excluding carboxylic acids is 3. The Balaban J connectivity index is 1.25. The maximum Gasteiger partial charge on any atom is 0.265 e. The van der Waals surface area contributed by atoms with Gasteiger partial charge in [-0.2, -0.15) is 0 Å². The summed E-state index contributed by atoms with van der Waals surface area (Å²) in [5, 5.41) is 7.69. The van der Waals surface area contributed by atoms with E-state index in [1.807, 2.05) is 11.4 Å². The molecule has 5 rings (SSSR count). The summed E-state index contributed by atoms with van der Waals surface area (Å²) in [6.45, 7) is 1.04. The van der Waals surface area contributed by atoms with Gasteiger partial charge in [-0.05, 0) is 61.2 Å². The molecule has 1 aliphatic carbocycles. The Labute approximate surface area is 202 Å². The van der Waals surface area contributed by atoms with Crippen LogP contribution in [0.1, 0.15) is 52.1 Å². The van der Waals surface area contributed by atoms with E-state index < -0.39 is 0 Å². The lowest BCUT2D eigenvalue weighted by atomic mass is 9.94. The monoisotopic (exact) mass is 483 g/mol. The molecule has 1 aromatic heterocycles. The molecular weight excluding hydrogens is 454 g/mol. The topological polar surface area (TPSA) is 97.0 Å². The maximum absolute atomic E-state index is 13.3. The van der Waals surface area contributed by atoms with Crippen molar-refractivity contribution in [2.45, 2.75) is 50.4 Å². The van der Waals surface area contributed by atoms with Crippen molar-refractivity contribution in [1.29, 1.82) is 0 Å². The van der Waals surface area contributed by atoms with Crippen molar-refractivity contribution < 1.29 is 23.9 Å². The molecule has 0 radical (unpaired) electrons. The molecule has 3 amide bonds. The Kier molecular flexibility index (Phi) is 6.56. The van der Waals surface area contributed by atoms with Gasteiger partial charge in [0.25, 0.3) is 11.8 Å². The van der Waals surface area contributed by atoms with Gasteiger partial charge in [-0.25, -0.2) is 0 Å². The molecule has 2 N–H and O–H groups in total. The Morgan fingerprint density at radius 2 is 2.03 bits per heavy atom.